The standard InChI is InChI=1S/C44H35N/c1-27-34-21-31(28-15-9-6-10-16-28)23-36-40(34)45-41-35(27)22-32(29-17-11-7-12-18-29)24-37(41)44(4,5)39-26-33(30-19-13-8-14-20-30)25-38(42(39)45)43(36,2)3/h6-26H,1H2,2-5H3. The maximum Gasteiger partial charge on any atom is 0.0581 e. The van der Waals surface area contributed by atoms with Gasteiger partial charge in [-0.25, -0.2) is 0 Å². The number of anilines is 3. The van der Waals surface area contributed by atoms with Crippen molar-refractivity contribution in [3.63, 3.8) is 0 Å². The van der Waals surface area contributed by atoms with E-state index in [4.69, 9.17) is 6.58 Å². The predicted octanol–water partition coefficient (Wildman–Crippen LogP) is 11.8. The lowest BCUT2D eigenvalue weighted by atomic mass is 9.62. The summed E-state index contributed by atoms with van der Waals surface area (Å²) in [5.74, 6) is 0. The Hall–Kier alpha value is -5.14. The zero-order chi connectivity index (χ0) is 30.7. The molecule has 0 saturated heterocycles. The van der Waals surface area contributed by atoms with E-state index in [2.05, 4.69) is 160 Å². The maximum absolute atomic E-state index is 4.84. The van der Waals surface area contributed by atoms with Crippen LogP contribution in [0.2, 0.25) is 0 Å². The van der Waals surface area contributed by atoms with Gasteiger partial charge in [0.2, 0.25) is 0 Å². The molecule has 0 unspecified atom stereocenters. The zero-order valence-electron chi connectivity index (χ0n) is 26.3. The van der Waals surface area contributed by atoms with Gasteiger partial charge in [-0.3, -0.25) is 0 Å². The molecule has 9 rings (SSSR count). The zero-order valence-corrected chi connectivity index (χ0v) is 26.3. The largest absolute Gasteiger partial charge is 0.308 e. The average Bonchev–Trinajstić information content (AvgIpc) is 3.07. The second-order valence-corrected chi connectivity index (χ2v) is 13.9. The molecule has 6 aromatic carbocycles. The van der Waals surface area contributed by atoms with Gasteiger partial charge in [0.05, 0.1) is 17.1 Å². The molecule has 0 fully saturated rings. The van der Waals surface area contributed by atoms with Crippen LogP contribution in [-0.4, -0.2) is 0 Å². The molecule has 1 heteroatoms. The van der Waals surface area contributed by atoms with Crippen molar-refractivity contribution < 1.29 is 0 Å². The first-order valence-electron chi connectivity index (χ1n) is 16.0. The smallest absolute Gasteiger partial charge is 0.0581 e. The molecular weight excluding hydrogens is 542 g/mol. The highest BCUT2D eigenvalue weighted by atomic mass is 15.2. The van der Waals surface area contributed by atoms with Crippen LogP contribution in [0, 0.1) is 0 Å². The van der Waals surface area contributed by atoms with Crippen molar-refractivity contribution in [2.45, 2.75) is 38.5 Å². The first-order chi connectivity index (χ1) is 21.7. The summed E-state index contributed by atoms with van der Waals surface area (Å²) in [5, 5.41) is 0. The first-order valence-corrected chi connectivity index (χ1v) is 16.0. The summed E-state index contributed by atoms with van der Waals surface area (Å²) in [6.07, 6.45) is 0. The van der Waals surface area contributed by atoms with Gasteiger partial charge in [-0.2, -0.15) is 0 Å². The van der Waals surface area contributed by atoms with Crippen molar-refractivity contribution in [1.82, 2.24) is 0 Å². The quantitative estimate of drug-likeness (QED) is 0.202. The summed E-state index contributed by atoms with van der Waals surface area (Å²) in [4.78, 5) is 2.61. The van der Waals surface area contributed by atoms with E-state index in [1.807, 2.05) is 0 Å². The van der Waals surface area contributed by atoms with Crippen molar-refractivity contribution in [3.8, 4) is 33.4 Å². The van der Waals surface area contributed by atoms with E-state index in [0.717, 1.165) is 5.57 Å². The fourth-order valence-corrected chi connectivity index (χ4v) is 8.15. The van der Waals surface area contributed by atoms with Gasteiger partial charge in [-0.1, -0.05) is 125 Å². The number of hydrogen-bond donors (Lipinski definition) is 0. The molecule has 3 aliphatic rings. The predicted molar refractivity (Wildman–Crippen MR) is 190 cm³/mol. The first kappa shape index (κ1) is 26.3. The SMILES string of the molecule is C=C1c2cc(-c3ccccc3)cc3c2N2c4c1cc(-c1ccccc1)cc4C(C)(C)c1cc(-c4ccccc4)cc(c12)C3(C)C. The highest BCUT2D eigenvalue weighted by molar-refractivity contribution is 6.09. The fraction of sp³-hybridized carbons (Fsp3) is 0.136. The molecule has 45 heavy (non-hydrogen) atoms. The van der Waals surface area contributed by atoms with Gasteiger partial charge in [0.1, 0.15) is 0 Å². The number of rotatable bonds is 3. The van der Waals surface area contributed by atoms with Crippen LogP contribution in [-0.2, 0) is 10.8 Å². The maximum atomic E-state index is 4.84. The fourth-order valence-electron chi connectivity index (χ4n) is 8.15. The van der Waals surface area contributed by atoms with Crippen LogP contribution in [0.15, 0.2) is 134 Å². The Kier molecular flexibility index (Phi) is 5.23. The highest BCUT2D eigenvalue weighted by Gasteiger charge is 2.49. The summed E-state index contributed by atoms with van der Waals surface area (Å²) in [5.41, 5.74) is 20.0. The van der Waals surface area contributed by atoms with Crippen LogP contribution < -0.4 is 4.90 Å². The second kappa shape index (κ2) is 8.96. The van der Waals surface area contributed by atoms with Gasteiger partial charge in [0.25, 0.3) is 0 Å². The van der Waals surface area contributed by atoms with Crippen molar-refractivity contribution in [2.24, 2.45) is 0 Å². The molecule has 0 radical (unpaired) electrons. The minimum Gasteiger partial charge on any atom is -0.308 e. The van der Waals surface area contributed by atoms with Crippen LogP contribution in [0.25, 0.3) is 39.0 Å². The molecule has 3 aliphatic heterocycles. The van der Waals surface area contributed by atoms with Crippen molar-refractivity contribution in [2.75, 3.05) is 4.90 Å². The van der Waals surface area contributed by atoms with E-state index < -0.39 is 0 Å². The minimum atomic E-state index is -0.227. The highest BCUT2D eigenvalue weighted by Crippen LogP contribution is 2.66. The lowest BCUT2D eigenvalue weighted by molar-refractivity contribution is 0.596. The van der Waals surface area contributed by atoms with Crippen LogP contribution in [0.5, 0.6) is 0 Å². The van der Waals surface area contributed by atoms with Crippen LogP contribution in [0.3, 0.4) is 0 Å². The van der Waals surface area contributed by atoms with Gasteiger partial charge in [0, 0.05) is 22.0 Å². The molecule has 0 aliphatic carbocycles. The van der Waals surface area contributed by atoms with Crippen LogP contribution in [0.4, 0.5) is 17.1 Å². The average molecular weight is 578 g/mol. The van der Waals surface area contributed by atoms with E-state index in [9.17, 15) is 0 Å². The summed E-state index contributed by atoms with van der Waals surface area (Å²) < 4.78 is 0. The summed E-state index contributed by atoms with van der Waals surface area (Å²) in [7, 11) is 0. The molecule has 0 spiro atoms. The monoisotopic (exact) mass is 577 g/mol. The Balaban J connectivity index is 1.43. The normalized spacial score (nSPS) is 15.9. The van der Waals surface area contributed by atoms with E-state index >= 15 is 0 Å². The Morgan fingerprint density at radius 2 is 0.711 bits per heavy atom. The van der Waals surface area contributed by atoms with Crippen molar-refractivity contribution in [1.29, 1.82) is 0 Å². The van der Waals surface area contributed by atoms with Gasteiger partial charge >= 0.3 is 0 Å². The molecule has 216 valence electrons. The Bertz CT molecular complexity index is 2070. The van der Waals surface area contributed by atoms with Gasteiger partial charge in [-0.05, 0) is 97.6 Å². The Labute approximate surface area is 266 Å². The van der Waals surface area contributed by atoms with Crippen molar-refractivity contribution >= 4 is 22.6 Å². The lowest BCUT2D eigenvalue weighted by Gasteiger charge is -2.53. The van der Waals surface area contributed by atoms with Crippen molar-refractivity contribution in [3.05, 3.63) is 167 Å². The van der Waals surface area contributed by atoms with Gasteiger partial charge in [0.15, 0.2) is 0 Å². The molecule has 0 amide bonds. The van der Waals surface area contributed by atoms with Gasteiger partial charge < -0.3 is 4.90 Å². The van der Waals surface area contributed by atoms with Gasteiger partial charge in [-0.15, -0.1) is 0 Å². The molecule has 0 aromatic heterocycles. The second-order valence-electron chi connectivity index (χ2n) is 13.9. The molecule has 0 atom stereocenters. The van der Waals surface area contributed by atoms with Crippen LogP contribution in [0.1, 0.15) is 61.1 Å². The number of hydrogen-bond acceptors (Lipinski definition) is 1. The summed E-state index contributed by atoms with van der Waals surface area (Å²) in [6, 6.07) is 47.1. The van der Waals surface area contributed by atoms with Crippen LogP contribution >= 0.6 is 0 Å². The van der Waals surface area contributed by atoms with E-state index in [0.29, 0.717) is 0 Å². The summed E-state index contributed by atoms with van der Waals surface area (Å²) >= 11 is 0. The number of benzene rings is 6. The lowest BCUT2D eigenvalue weighted by Crippen LogP contribution is -2.40. The molecule has 0 N–H and O–H groups in total. The topological polar surface area (TPSA) is 3.24 Å². The molecule has 6 aromatic rings. The third-order valence-electron chi connectivity index (χ3n) is 10.7. The molecular formula is C44H35N. The van der Waals surface area contributed by atoms with E-state index in [1.54, 1.807) is 0 Å². The third-order valence-corrected chi connectivity index (χ3v) is 10.7. The van der Waals surface area contributed by atoms with E-state index in [1.165, 1.54) is 83.8 Å². The Morgan fingerprint density at radius 3 is 1.07 bits per heavy atom. The molecule has 0 saturated carbocycles. The Morgan fingerprint density at radius 1 is 0.400 bits per heavy atom. The molecule has 3 heterocycles. The third kappa shape index (κ3) is 3.50. The van der Waals surface area contributed by atoms with E-state index in [-0.39, 0.29) is 10.8 Å². The molecule has 1 nitrogen and oxygen atoms in total. The minimum absolute atomic E-state index is 0.227. The number of nitrogens with zero attached hydrogens (tertiary/aromatic N) is 1. The molecule has 0 bridgehead atoms. The summed E-state index contributed by atoms with van der Waals surface area (Å²) in [6.45, 7) is 14.5.